The molecule has 0 amide bonds. The van der Waals surface area contributed by atoms with Crippen LogP contribution >= 0.6 is 0 Å². The molecule has 19 heavy (non-hydrogen) atoms. The molecule has 1 aromatic rings. The normalized spacial score (nSPS) is 14.9. The third kappa shape index (κ3) is 2.86. The largest absolute Gasteiger partial charge is 0.461 e. The molecular weight excluding hydrogens is 268 g/mol. The molecule has 1 N–H and O–H groups in total. The summed E-state index contributed by atoms with van der Waals surface area (Å²) < 4.78 is 57.6. The first kappa shape index (κ1) is 15.4. The summed E-state index contributed by atoms with van der Waals surface area (Å²) in [5.41, 5.74) is -3.86. The number of rotatable bonds is 4. The predicted molar refractivity (Wildman–Crippen MR) is 57.5 cm³/mol. The minimum absolute atomic E-state index is 0.317. The molecule has 0 spiro atoms. The van der Waals surface area contributed by atoms with Crippen LogP contribution in [-0.2, 0) is 15.1 Å². The van der Waals surface area contributed by atoms with E-state index in [-0.39, 0.29) is 6.61 Å². The minimum Gasteiger partial charge on any atom is -0.461 e. The van der Waals surface area contributed by atoms with E-state index in [9.17, 15) is 27.5 Å². The molecule has 7 heteroatoms. The topological polar surface area (TPSA) is 46.5 Å². The lowest BCUT2D eigenvalue weighted by Gasteiger charge is -2.31. The number of ether oxygens (including phenoxy) is 1. The van der Waals surface area contributed by atoms with Crippen LogP contribution in [0.5, 0.6) is 0 Å². The zero-order chi connectivity index (χ0) is 14.8. The quantitative estimate of drug-likeness (QED) is 0.680. The van der Waals surface area contributed by atoms with Crippen molar-refractivity contribution in [1.82, 2.24) is 0 Å². The van der Waals surface area contributed by atoms with Gasteiger partial charge in [-0.3, -0.25) is 0 Å². The Bertz CT molecular complexity index is 466. The number of halogens is 4. The Kier molecular flexibility index (Phi) is 4.19. The summed E-state index contributed by atoms with van der Waals surface area (Å²) in [4.78, 5) is 11.1. The third-order valence-electron chi connectivity index (χ3n) is 2.57. The fraction of sp³-hybridized carbons (Fsp3) is 0.417. The lowest BCUT2D eigenvalue weighted by atomic mass is 9.89. The van der Waals surface area contributed by atoms with Crippen molar-refractivity contribution in [3.63, 3.8) is 0 Å². The van der Waals surface area contributed by atoms with Crippen LogP contribution in [0.3, 0.4) is 0 Å². The second-order valence-corrected chi connectivity index (χ2v) is 4.03. The molecule has 1 rings (SSSR count). The molecule has 106 valence electrons. The molecule has 0 aromatic heterocycles. The second kappa shape index (κ2) is 5.16. The number of carbonyl (C=O) groups is 1. The van der Waals surface area contributed by atoms with Crippen molar-refractivity contribution in [1.29, 1.82) is 0 Å². The maximum atomic E-state index is 13.8. The molecule has 1 aromatic carbocycles. The molecule has 3 nitrogen and oxygen atoms in total. The maximum Gasteiger partial charge on any atom is 0.380 e. The van der Waals surface area contributed by atoms with Gasteiger partial charge in [-0.05, 0) is 31.5 Å². The first-order valence-corrected chi connectivity index (χ1v) is 5.37. The molecule has 0 bridgehead atoms. The highest BCUT2D eigenvalue weighted by atomic mass is 19.3. The summed E-state index contributed by atoms with van der Waals surface area (Å²) in [5, 5.41) is 9.78. The Balaban J connectivity index is 3.25. The number of hydrogen-bond acceptors (Lipinski definition) is 3. The highest BCUT2D eigenvalue weighted by Gasteiger charge is 2.58. The fourth-order valence-electron chi connectivity index (χ4n) is 1.44. The van der Waals surface area contributed by atoms with Gasteiger partial charge in [-0.1, -0.05) is 0 Å². The van der Waals surface area contributed by atoms with Crippen LogP contribution in [0.1, 0.15) is 19.4 Å². The van der Waals surface area contributed by atoms with Gasteiger partial charge in [0.2, 0.25) is 0 Å². The number of carbonyl (C=O) groups excluding carboxylic acids is 1. The van der Waals surface area contributed by atoms with Gasteiger partial charge in [0.1, 0.15) is 11.6 Å². The lowest BCUT2D eigenvalue weighted by Crippen LogP contribution is -2.49. The van der Waals surface area contributed by atoms with Gasteiger partial charge in [0, 0.05) is 6.07 Å². The molecule has 0 saturated heterocycles. The van der Waals surface area contributed by atoms with Crippen molar-refractivity contribution in [2.45, 2.75) is 25.4 Å². The molecule has 0 aliphatic carbocycles. The number of aliphatic hydroxyl groups is 1. The highest BCUT2D eigenvalue weighted by molar-refractivity contribution is 5.79. The predicted octanol–water partition coefficient (Wildman–Crippen LogP) is 2.37. The molecule has 0 fully saturated rings. The van der Waals surface area contributed by atoms with Gasteiger partial charge in [-0.2, -0.15) is 8.78 Å². The number of esters is 1. The third-order valence-corrected chi connectivity index (χ3v) is 2.57. The summed E-state index contributed by atoms with van der Waals surface area (Å²) in [6, 6.07) is 1.51. The van der Waals surface area contributed by atoms with Crippen molar-refractivity contribution >= 4 is 5.97 Å². The highest BCUT2D eigenvalue weighted by Crippen LogP contribution is 2.38. The lowest BCUT2D eigenvalue weighted by molar-refractivity contribution is -0.212. The van der Waals surface area contributed by atoms with Gasteiger partial charge < -0.3 is 9.84 Å². The van der Waals surface area contributed by atoms with E-state index in [1.54, 1.807) is 0 Å². The monoisotopic (exact) mass is 280 g/mol. The van der Waals surface area contributed by atoms with E-state index in [2.05, 4.69) is 4.74 Å². The summed E-state index contributed by atoms with van der Waals surface area (Å²) in [6.07, 6.45) is 0. The molecule has 0 saturated carbocycles. The zero-order valence-electron chi connectivity index (χ0n) is 10.2. The molecule has 0 radical (unpaired) electrons. The van der Waals surface area contributed by atoms with Crippen LogP contribution in [-0.4, -0.2) is 23.6 Å². The molecule has 0 aliphatic rings. The van der Waals surface area contributed by atoms with Crippen LogP contribution in [0.15, 0.2) is 18.2 Å². The maximum absolute atomic E-state index is 13.8. The summed E-state index contributed by atoms with van der Waals surface area (Å²) >= 11 is 0. The van der Waals surface area contributed by atoms with Crippen molar-refractivity contribution < 1.29 is 32.2 Å². The van der Waals surface area contributed by atoms with Gasteiger partial charge in [0.05, 0.1) is 6.61 Å². The Hall–Kier alpha value is -1.63. The Morgan fingerprint density at radius 1 is 1.26 bits per heavy atom. The average molecular weight is 280 g/mol. The Morgan fingerprint density at radius 3 is 2.16 bits per heavy atom. The first-order valence-electron chi connectivity index (χ1n) is 5.37. The average Bonchev–Trinajstić information content (AvgIpc) is 2.27. The van der Waals surface area contributed by atoms with Crippen molar-refractivity contribution in [3.8, 4) is 0 Å². The molecule has 1 atom stereocenters. The van der Waals surface area contributed by atoms with Crippen LogP contribution in [0.2, 0.25) is 0 Å². The van der Waals surface area contributed by atoms with E-state index in [4.69, 9.17) is 0 Å². The van der Waals surface area contributed by atoms with Crippen LogP contribution in [0.4, 0.5) is 17.6 Å². The van der Waals surface area contributed by atoms with Gasteiger partial charge >= 0.3 is 11.9 Å². The van der Waals surface area contributed by atoms with E-state index in [1.165, 1.54) is 6.92 Å². The Morgan fingerprint density at radius 2 is 1.74 bits per heavy atom. The summed E-state index contributed by atoms with van der Waals surface area (Å²) in [5.74, 6) is -8.60. The zero-order valence-corrected chi connectivity index (χ0v) is 10.2. The first-order chi connectivity index (χ1) is 8.62. The van der Waals surface area contributed by atoms with E-state index in [0.29, 0.717) is 25.1 Å². The van der Waals surface area contributed by atoms with Gasteiger partial charge in [-0.25, -0.2) is 13.6 Å². The number of benzene rings is 1. The van der Waals surface area contributed by atoms with Gasteiger partial charge in [0.25, 0.3) is 0 Å². The van der Waals surface area contributed by atoms with Crippen LogP contribution in [0.25, 0.3) is 0 Å². The molecule has 1 unspecified atom stereocenters. The second-order valence-electron chi connectivity index (χ2n) is 4.03. The molecule has 0 heterocycles. The minimum atomic E-state index is -4.34. The van der Waals surface area contributed by atoms with E-state index < -0.39 is 34.7 Å². The molecular formula is C12H12F4O3. The summed E-state index contributed by atoms with van der Waals surface area (Å²) in [7, 11) is 0. The Labute approximate surface area is 106 Å². The van der Waals surface area contributed by atoms with Gasteiger partial charge in [0.15, 0.2) is 5.60 Å². The van der Waals surface area contributed by atoms with Crippen molar-refractivity contribution in [3.05, 3.63) is 35.4 Å². The van der Waals surface area contributed by atoms with E-state index in [1.807, 2.05) is 0 Å². The van der Waals surface area contributed by atoms with Crippen molar-refractivity contribution in [2.75, 3.05) is 6.61 Å². The van der Waals surface area contributed by atoms with Crippen LogP contribution < -0.4 is 0 Å². The number of hydrogen-bond donors (Lipinski definition) is 1. The SMILES string of the molecule is CCOC(=O)C(F)(F)C(C)(O)c1cc(F)cc(F)c1. The number of alkyl halides is 2. The van der Waals surface area contributed by atoms with Crippen molar-refractivity contribution in [2.24, 2.45) is 0 Å². The van der Waals surface area contributed by atoms with E-state index in [0.717, 1.165) is 0 Å². The fourth-order valence-corrected chi connectivity index (χ4v) is 1.44. The van der Waals surface area contributed by atoms with Gasteiger partial charge in [-0.15, -0.1) is 0 Å². The van der Waals surface area contributed by atoms with E-state index >= 15 is 0 Å². The van der Waals surface area contributed by atoms with Crippen LogP contribution in [0, 0.1) is 11.6 Å². The molecule has 0 aliphatic heterocycles. The summed E-state index contributed by atoms with van der Waals surface area (Å²) in [6.45, 7) is 1.57. The smallest absolute Gasteiger partial charge is 0.380 e. The standard InChI is InChI=1S/C12H12F4O3/c1-3-19-10(17)12(15,16)11(2,18)7-4-8(13)6-9(14)5-7/h4-6,18H,3H2,1-2H3.